The Hall–Kier alpha value is -1.63. The lowest BCUT2D eigenvalue weighted by atomic mass is 9.91. The van der Waals surface area contributed by atoms with Crippen molar-refractivity contribution in [2.45, 2.75) is 52.1 Å². The molecule has 1 aromatic rings. The maximum Gasteiger partial charge on any atom is 0.333 e. The van der Waals surface area contributed by atoms with Crippen molar-refractivity contribution < 1.29 is 10.0 Å². The van der Waals surface area contributed by atoms with E-state index in [1.54, 1.807) is 11.6 Å². The number of nitro groups is 1. The maximum absolute atomic E-state index is 11.4. The quantitative estimate of drug-likeness (QED) is 0.637. The lowest BCUT2D eigenvalue weighted by molar-refractivity contribution is -0.384. The van der Waals surface area contributed by atoms with E-state index >= 15 is 0 Å². The summed E-state index contributed by atoms with van der Waals surface area (Å²) in [7, 11) is 0. The minimum absolute atomic E-state index is 0.0179. The van der Waals surface area contributed by atoms with Gasteiger partial charge in [-0.2, -0.15) is 5.10 Å². The zero-order chi connectivity index (χ0) is 14.9. The van der Waals surface area contributed by atoms with E-state index in [-0.39, 0.29) is 29.3 Å². The molecule has 1 fully saturated rings. The first kappa shape index (κ1) is 14.8. The monoisotopic (exact) mass is 282 g/mol. The van der Waals surface area contributed by atoms with Crippen molar-refractivity contribution in [3.05, 3.63) is 15.8 Å². The van der Waals surface area contributed by atoms with Crippen molar-refractivity contribution in [3.63, 3.8) is 0 Å². The van der Waals surface area contributed by atoms with Crippen LogP contribution in [0.1, 0.15) is 44.8 Å². The van der Waals surface area contributed by atoms with E-state index in [1.165, 1.54) is 0 Å². The number of aromatic nitrogens is 2. The number of aliphatic hydroxyl groups excluding tert-OH is 1. The summed E-state index contributed by atoms with van der Waals surface area (Å²) in [5.74, 6) is 0.543. The molecule has 112 valence electrons. The van der Waals surface area contributed by atoms with Crippen LogP contribution in [0.5, 0.6) is 0 Å². The summed E-state index contributed by atoms with van der Waals surface area (Å²) in [4.78, 5) is 13.0. The van der Waals surface area contributed by atoms with Crippen LogP contribution < -0.4 is 4.90 Å². The summed E-state index contributed by atoms with van der Waals surface area (Å²) < 4.78 is 1.71. The highest BCUT2D eigenvalue weighted by atomic mass is 16.6. The summed E-state index contributed by atoms with van der Waals surface area (Å²) in [6.07, 6.45) is 3.16. The molecule has 7 heteroatoms. The highest BCUT2D eigenvalue weighted by Crippen LogP contribution is 2.38. The van der Waals surface area contributed by atoms with Gasteiger partial charge in [-0.3, -0.25) is 10.1 Å². The van der Waals surface area contributed by atoms with Crippen molar-refractivity contribution in [2.24, 2.45) is 0 Å². The Morgan fingerprint density at radius 3 is 2.60 bits per heavy atom. The standard InChI is InChI=1S/C13H22N4O3/c1-9(2)16-13(12(17(19)20)10(3)14-16)15(7-8-18)11-5-4-6-11/h9,11,18H,4-8H2,1-3H3. The molecule has 2 rings (SSSR count). The van der Waals surface area contributed by atoms with E-state index in [9.17, 15) is 15.2 Å². The highest BCUT2D eigenvalue weighted by Gasteiger charge is 2.35. The molecule has 1 N–H and O–H groups in total. The number of aliphatic hydroxyl groups is 1. The van der Waals surface area contributed by atoms with Gasteiger partial charge >= 0.3 is 5.69 Å². The fourth-order valence-corrected chi connectivity index (χ4v) is 2.64. The first-order valence-corrected chi connectivity index (χ1v) is 7.08. The van der Waals surface area contributed by atoms with Gasteiger partial charge in [0.1, 0.15) is 5.69 Å². The van der Waals surface area contributed by atoms with E-state index in [0.717, 1.165) is 19.3 Å². The zero-order valence-electron chi connectivity index (χ0n) is 12.2. The van der Waals surface area contributed by atoms with Gasteiger partial charge in [-0.25, -0.2) is 4.68 Å². The minimum atomic E-state index is -0.362. The van der Waals surface area contributed by atoms with Gasteiger partial charge in [0.2, 0.25) is 5.82 Å². The molecular weight excluding hydrogens is 260 g/mol. The van der Waals surface area contributed by atoms with Crippen LogP contribution in [-0.2, 0) is 0 Å². The summed E-state index contributed by atoms with van der Waals surface area (Å²) in [5, 5.41) is 25.0. The van der Waals surface area contributed by atoms with Crippen molar-refractivity contribution in [1.82, 2.24) is 9.78 Å². The van der Waals surface area contributed by atoms with Crippen molar-refractivity contribution in [2.75, 3.05) is 18.1 Å². The highest BCUT2D eigenvalue weighted by molar-refractivity contribution is 5.62. The average Bonchev–Trinajstić information content (AvgIpc) is 2.63. The number of rotatable bonds is 6. The molecule has 0 bridgehead atoms. The van der Waals surface area contributed by atoms with Crippen LogP contribution in [0.4, 0.5) is 11.5 Å². The summed E-state index contributed by atoms with van der Waals surface area (Å²) in [5.41, 5.74) is 0.500. The van der Waals surface area contributed by atoms with E-state index in [2.05, 4.69) is 5.10 Å². The molecule has 0 atom stereocenters. The predicted octanol–water partition coefficient (Wildman–Crippen LogP) is 2.03. The Bertz CT molecular complexity index is 494. The first-order valence-electron chi connectivity index (χ1n) is 7.08. The van der Waals surface area contributed by atoms with Crippen molar-refractivity contribution in [3.8, 4) is 0 Å². The molecule has 0 radical (unpaired) electrons. The second-order valence-corrected chi connectivity index (χ2v) is 5.55. The Kier molecular flexibility index (Phi) is 4.27. The van der Waals surface area contributed by atoms with Crippen LogP contribution >= 0.6 is 0 Å². The van der Waals surface area contributed by atoms with Crippen molar-refractivity contribution in [1.29, 1.82) is 0 Å². The predicted molar refractivity (Wildman–Crippen MR) is 76.1 cm³/mol. The van der Waals surface area contributed by atoms with Gasteiger partial charge in [0, 0.05) is 18.6 Å². The van der Waals surface area contributed by atoms with Crippen LogP contribution in [0.2, 0.25) is 0 Å². The van der Waals surface area contributed by atoms with Crippen LogP contribution in [0, 0.1) is 17.0 Å². The Morgan fingerprint density at radius 2 is 2.20 bits per heavy atom. The van der Waals surface area contributed by atoms with Crippen LogP contribution in [-0.4, -0.2) is 39.0 Å². The second-order valence-electron chi connectivity index (χ2n) is 5.55. The molecule has 0 aromatic carbocycles. The zero-order valence-corrected chi connectivity index (χ0v) is 12.2. The number of anilines is 1. The summed E-state index contributed by atoms with van der Waals surface area (Å²) in [6.45, 7) is 5.97. The Morgan fingerprint density at radius 1 is 1.55 bits per heavy atom. The summed E-state index contributed by atoms with van der Waals surface area (Å²) >= 11 is 0. The normalized spacial score (nSPS) is 15.4. The van der Waals surface area contributed by atoms with Gasteiger partial charge in [0.25, 0.3) is 0 Å². The van der Waals surface area contributed by atoms with Gasteiger partial charge < -0.3 is 10.0 Å². The van der Waals surface area contributed by atoms with Crippen LogP contribution in [0.3, 0.4) is 0 Å². The van der Waals surface area contributed by atoms with Gasteiger partial charge in [-0.05, 0) is 40.0 Å². The molecular formula is C13H22N4O3. The van der Waals surface area contributed by atoms with E-state index in [4.69, 9.17) is 0 Å². The smallest absolute Gasteiger partial charge is 0.333 e. The fourth-order valence-electron chi connectivity index (χ4n) is 2.64. The average molecular weight is 282 g/mol. The third-order valence-corrected chi connectivity index (χ3v) is 3.83. The topological polar surface area (TPSA) is 84.4 Å². The van der Waals surface area contributed by atoms with Gasteiger partial charge in [-0.1, -0.05) is 0 Å². The van der Waals surface area contributed by atoms with E-state index in [1.807, 2.05) is 18.7 Å². The lowest BCUT2D eigenvalue weighted by Gasteiger charge is -2.38. The van der Waals surface area contributed by atoms with Crippen molar-refractivity contribution >= 4 is 11.5 Å². The second kappa shape index (κ2) is 5.78. The van der Waals surface area contributed by atoms with Gasteiger partial charge in [0.05, 0.1) is 11.5 Å². The van der Waals surface area contributed by atoms with E-state index in [0.29, 0.717) is 18.1 Å². The molecule has 0 amide bonds. The molecule has 20 heavy (non-hydrogen) atoms. The molecule has 0 saturated heterocycles. The third-order valence-electron chi connectivity index (χ3n) is 3.83. The SMILES string of the molecule is Cc1nn(C(C)C)c(N(CCO)C2CCC2)c1[N+](=O)[O-]. The number of aryl methyl sites for hydroxylation is 1. The van der Waals surface area contributed by atoms with Gasteiger partial charge in [-0.15, -0.1) is 0 Å². The largest absolute Gasteiger partial charge is 0.395 e. The molecule has 7 nitrogen and oxygen atoms in total. The number of nitrogens with zero attached hydrogens (tertiary/aromatic N) is 4. The molecule has 0 aliphatic heterocycles. The molecule has 1 heterocycles. The molecule has 1 saturated carbocycles. The van der Waals surface area contributed by atoms with E-state index < -0.39 is 0 Å². The number of hydrogen-bond acceptors (Lipinski definition) is 5. The Balaban J connectivity index is 2.52. The lowest BCUT2D eigenvalue weighted by Crippen LogP contribution is -2.43. The number of hydrogen-bond donors (Lipinski definition) is 1. The minimum Gasteiger partial charge on any atom is -0.395 e. The molecule has 0 spiro atoms. The van der Waals surface area contributed by atoms with Crippen LogP contribution in [0.25, 0.3) is 0 Å². The molecule has 1 aliphatic rings. The van der Waals surface area contributed by atoms with Gasteiger partial charge in [0.15, 0.2) is 0 Å². The first-order chi connectivity index (χ1) is 9.47. The Labute approximate surface area is 118 Å². The molecule has 1 aromatic heterocycles. The molecule has 1 aliphatic carbocycles. The maximum atomic E-state index is 11.4. The fraction of sp³-hybridized carbons (Fsp3) is 0.769. The van der Waals surface area contributed by atoms with Crippen LogP contribution in [0.15, 0.2) is 0 Å². The third kappa shape index (κ3) is 2.49. The summed E-state index contributed by atoms with van der Waals surface area (Å²) in [6, 6.07) is 0.313. The molecule has 0 unspecified atom stereocenters.